The van der Waals surface area contributed by atoms with Gasteiger partial charge < -0.3 is 10.3 Å². The van der Waals surface area contributed by atoms with Crippen LogP contribution in [0, 0.1) is 18.8 Å². The van der Waals surface area contributed by atoms with Gasteiger partial charge in [-0.1, -0.05) is 32.3 Å². The fraction of sp³-hybridized carbons (Fsp3) is 0.562. The van der Waals surface area contributed by atoms with Gasteiger partial charge in [0.05, 0.1) is 11.0 Å². The van der Waals surface area contributed by atoms with Crippen LogP contribution in [0.15, 0.2) is 18.2 Å². The molecule has 0 aliphatic heterocycles. The number of hydrogen-bond donors (Lipinski definition) is 1. The van der Waals surface area contributed by atoms with Gasteiger partial charge in [-0.25, -0.2) is 4.98 Å². The highest BCUT2D eigenvalue weighted by molar-refractivity contribution is 5.79. The highest BCUT2D eigenvalue weighted by Gasteiger charge is 2.23. The molecule has 1 aromatic heterocycles. The Kier molecular flexibility index (Phi) is 3.21. The third kappa shape index (κ3) is 2.34. The van der Waals surface area contributed by atoms with E-state index in [4.69, 9.17) is 5.73 Å². The molecule has 3 rings (SSSR count). The van der Waals surface area contributed by atoms with Crippen molar-refractivity contribution in [1.82, 2.24) is 9.55 Å². The van der Waals surface area contributed by atoms with Crippen LogP contribution in [0.1, 0.15) is 38.2 Å². The number of nitrogens with zero attached hydrogens (tertiary/aromatic N) is 2. The van der Waals surface area contributed by atoms with E-state index in [-0.39, 0.29) is 0 Å². The van der Waals surface area contributed by atoms with Gasteiger partial charge in [-0.05, 0) is 42.9 Å². The van der Waals surface area contributed by atoms with E-state index >= 15 is 0 Å². The standard InChI is InChI=1S/C16H23N3/c1-11-7-8-15-14(9-11)18-16(17)19(15)10-13-6-4-3-5-12(13)2/h7-9,12-13H,3-6,10H2,1-2H3,(H2,17,18). The normalized spacial score (nSPS) is 23.9. The lowest BCUT2D eigenvalue weighted by molar-refractivity contribution is 0.231. The van der Waals surface area contributed by atoms with Gasteiger partial charge >= 0.3 is 0 Å². The van der Waals surface area contributed by atoms with E-state index in [0.717, 1.165) is 23.9 Å². The molecule has 19 heavy (non-hydrogen) atoms. The van der Waals surface area contributed by atoms with E-state index in [0.29, 0.717) is 5.95 Å². The van der Waals surface area contributed by atoms with E-state index in [1.165, 1.54) is 36.8 Å². The summed E-state index contributed by atoms with van der Waals surface area (Å²) in [6.07, 6.45) is 5.43. The van der Waals surface area contributed by atoms with E-state index in [1.54, 1.807) is 0 Å². The highest BCUT2D eigenvalue weighted by atomic mass is 15.2. The van der Waals surface area contributed by atoms with Crippen LogP contribution in [-0.4, -0.2) is 9.55 Å². The molecule has 3 nitrogen and oxygen atoms in total. The quantitative estimate of drug-likeness (QED) is 0.890. The first kappa shape index (κ1) is 12.5. The lowest BCUT2D eigenvalue weighted by Crippen LogP contribution is -2.22. The number of benzene rings is 1. The number of fused-ring (bicyclic) bond motifs is 1. The van der Waals surface area contributed by atoms with Crippen LogP contribution in [0.5, 0.6) is 0 Å². The predicted molar refractivity (Wildman–Crippen MR) is 80.0 cm³/mol. The first-order valence-corrected chi connectivity index (χ1v) is 7.37. The molecular weight excluding hydrogens is 234 g/mol. The Morgan fingerprint density at radius 2 is 2.11 bits per heavy atom. The number of rotatable bonds is 2. The van der Waals surface area contributed by atoms with Gasteiger partial charge in [0.2, 0.25) is 5.95 Å². The summed E-state index contributed by atoms with van der Waals surface area (Å²) in [6.45, 7) is 5.49. The van der Waals surface area contributed by atoms with Gasteiger partial charge in [-0.3, -0.25) is 0 Å². The van der Waals surface area contributed by atoms with Gasteiger partial charge in [0.15, 0.2) is 0 Å². The Balaban J connectivity index is 1.93. The molecule has 102 valence electrons. The number of imidazole rings is 1. The van der Waals surface area contributed by atoms with Crippen molar-refractivity contribution in [2.24, 2.45) is 11.8 Å². The molecule has 2 atom stereocenters. The average Bonchev–Trinajstić information content (AvgIpc) is 2.68. The zero-order chi connectivity index (χ0) is 13.4. The second-order valence-electron chi connectivity index (χ2n) is 6.09. The molecule has 0 saturated heterocycles. The summed E-state index contributed by atoms with van der Waals surface area (Å²) >= 11 is 0. The van der Waals surface area contributed by atoms with E-state index < -0.39 is 0 Å². The Morgan fingerprint density at radius 1 is 1.32 bits per heavy atom. The molecular formula is C16H23N3. The Labute approximate surface area is 114 Å². The van der Waals surface area contributed by atoms with Crippen LogP contribution in [0.3, 0.4) is 0 Å². The van der Waals surface area contributed by atoms with E-state index in [2.05, 4.69) is 41.6 Å². The predicted octanol–water partition coefficient (Wildman–Crippen LogP) is 3.75. The highest BCUT2D eigenvalue weighted by Crippen LogP contribution is 2.32. The number of nitrogen functional groups attached to an aromatic ring is 1. The monoisotopic (exact) mass is 257 g/mol. The number of aromatic nitrogens is 2. The molecule has 3 heteroatoms. The van der Waals surface area contributed by atoms with Crippen molar-refractivity contribution in [1.29, 1.82) is 0 Å². The number of hydrogen-bond acceptors (Lipinski definition) is 2. The maximum Gasteiger partial charge on any atom is 0.201 e. The summed E-state index contributed by atoms with van der Waals surface area (Å²) in [6, 6.07) is 6.41. The van der Waals surface area contributed by atoms with Crippen LogP contribution in [0.25, 0.3) is 11.0 Å². The molecule has 1 aliphatic rings. The lowest BCUT2D eigenvalue weighted by atomic mass is 9.80. The topological polar surface area (TPSA) is 43.8 Å². The third-order valence-electron chi connectivity index (χ3n) is 4.64. The summed E-state index contributed by atoms with van der Waals surface area (Å²) in [7, 11) is 0. The molecule has 2 unspecified atom stereocenters. The van der Waals surface area contributed by atoms with E-state index in [9.17, 15) is 0 Å². The summed E-state index contributed by atoms with van der Waals surface area (Å²) < 4.78 is 2.21. The fourth-order valence-electron chi connectivity index (χ4n) is 3.35. The summed E-state index contributed by atoms with van der Waals surface area (Å²) in [4.78, 5) is 4.51. The first-order chi connectivity index (χ1) is 9.15. The molecule has 0 bridgehead atoms. The molecule has 0 radical (unpaired) electrons. The van der Waals surface area contributed by atoms with Crippen molar-refractivity contribution in [2.75, 3.05) is 5.73 Å². The molecule has 1 heterocycles. The summed E-state index contributed by atoms with van der Waals surface area (Å²) in [5.41, 5.74) is 9.57. The molecule has 2 N–H and O–H groups in total. The SMILES string of the molecule is Cc1ccc2c(c1)nc(N)n2CC1CCCCC1C. The Morgan fingerprint density at radius 3 is 2.89 bits per heavy atom. The molecule has 0 amide bonds. The average molecular weight is 257 g/mol. The lowest BCUT2D eigenvalue weighted by Gasteiger charge is -2.29. The van der Waals surface area contributed by atoms with Gasteiger partial charge in [0.25, 0.3) is 0 Å². The van der Waals surface area contributed by atoms with Crippen molar-refractivity contribution in [2.45, 2.75) is 46.1 Å². The zero-order valence-electron chi connectivity index (χ0n) is 11.9. The maximum atomic E-state index is 6.12. The summed E-state index contributed by atoms with van der Waals surface area (Å²) in [5.74, 6) is 2.21. The van der Waals surface area contributed by atoms with Crippen LogP contribution in [0.4, 0.5) is 5.95 Å². The van der Waals surface area contributed by atoms with Crippen molar-refractivity contribution < 1.29 is 0 Å². The second kappa shape index (κ2) is 4.87. The number of nitrogens with two attached hydrogens (primary N) is 1. The second-order valence-corrected chi connectivity index (χ2v) is 6.09. The molecule has 1 aromatic carbocycles. The van der Waals surface area contributed by atoms with Gasteiger partial charge in [-0.2, -0.15) is 0 Å². The third-order valence-corrected chi connectivity index (χ3v) is 4.64. The maximum absolute atomic E-state index is 6.12. The van der Waals surface area contributed by atoms with Crippen molar-refractivity contribution in [3.05, 3.63) is 23.8 Å². The molecule has 1 fully saturated rings. The Hall–Kier alpha value is -1.51. The van der Waals surface area contributed by atoms with Gasteiger partial charge in [0.1, 0.15) is 0 Å². The molecule has 1 aliphatic carbocycles. The van der Waals surface area contributed by atoms with Crippen molar-refractivity contribution in [3.8, 4) is 0 Å². The molecule has 1 saturated carbocycles. The van der Waals surface area contributed by atoms with Crippen molar-refractivity contribution in [3.63, 3.8) is 0 Å². The van der Waals surface area contributed by atoms with Crippen LogP contribution < -0.4 is 5.73 Å². The van der Waals surface area contributed by atoms with Crippen LogP contribution in [-0.2, 0) is 6.54 Å². The van der Waals surface area contributed by atoms with Gasteiger partial charge in [-0.15, -0.1) is 0 Å². The van der Waals surface area contributed by atoms with Crippen molar-refractivity contribution >= 4 is 17.0 Å². The fourth-order valence-corrected chi connectivity index (χ4v) is 3.35. The minimum Gasteiger partial charge on any atom is -0.369 e. The smallest absolute Gasteiger partial charge is 0.201 e. The minimum absolute atomic E-state index is 0.665. The minimum atomic E-state index is 0.665. The van der Waals surface area contributed by atoms with Gasteiger partial charge in [0, 0.05) is 6.54 Å². The first-order valence-electron chi connectivity index (χ1n) is 7.37. The number of anilines is 1. The largest absolute Gasteiger partial charge is 0.369 e. The zero-order valence-corrected chi connectivity index (χ0v) is 11.9. The molecule has 2 aromatic rings. The molecule has 0 spiro atoms. The van der Waals surface area contributed by atoms with Crippen LogP contribution >= 0.6 is 0 Å². The Bertz CT molecular complexity index is 585. The van der Waals surface area contributed by atoms with Crippen LogP contribution in [0.2, 0.25) is 0 Å². The summed E-state index contributed by atoms with van der Waals surface area (Å²) in [5, 5.41) is 0. The van der Waals surface area contributed by atoms with E-state index in [1.807, 2.05) is 0 Å². The number of aryl methyl sites for hydroxylation is 1.